The summed E-state index contributed by atoms with van der Waals surface area (Å²) in [6, 6.07) is 15.9. The Morgan fingerprint density at radius 1 is 1.00 bits per heavy atom. The normalized spacial score (nSPS) is 18.9. The van der Waals surface area contributed by atoms with E-state index in [0.29, 0.717) is 6.54 Å². The molecule has 5 N–H and O–H groups in total. The average molecular weight is 368 g/mol. The van der Waals surface area contributed by atoms with Gasteiger partial charge in [-0.25, -0.2) is 10.9 Å². The zero-order chi connectivity index (χ0) is 19.2. The molecule has 1 saturated heterocycles. The van der Waals surface area contributed by atoms with E-state index in [1.54, 1.807) is 0 Å². The zero-order valence-electron chi connectivity index (χ0n) is 16.0. The Morgan fingerprint density at radius 2 is 1.67 bits per heavy atom. The maximum Gasteiger partial charge on any atom is 0.242 e. The molecule has 2 atom stereocenters. The van der Waals surface area contributed by atoms with Gasteiger partial charge >= 0.3 is 0 Å². The molecule has 1 aliphatic heterocycles. The molecule has 0 spiro atoms. The van der Waals surface area contributed by atoms with Crippen molar-refractivity contribution in [2.75, 3.05) is 24.3 Å². The molecule has 1 aliphatic rings. The number of aryl methyl sites for hydroxylation is 1. The highest BCUT2D eigenvalue weighted by Crippen LogP contribution is 2.14. The second-order valence-electron chi connectivity index (χ2n) is 6.84. The van der Waals surface area contributed by atoms with Gasteiger partial charge in [-0.05, 0) is 41.8 Å². The summed E-state index contributed by atoms with van der Waals surface area (Å²) in [6.45, 7) is 2.62. The Kier molecular flexibility index (Phi) is 6.28. The number of hydrazine groups is 2. The molecule has 0 saturated carbocycles. The molecule has 0 radical (unpaired) electrons. The third-order valence-electron chi connectivity index (χ3n) is 4.67. The smallest absolute Gasteiger partial charge is 0.242 e. The molecule has 7 nitrogen and oxygen atoms in total. The van der Waals surface area contributed by atoms with E-state index in [2.05, 4.69) is 46.1 Å². The van der Waals surface area contributed by atoms with Crippen molar-refractivity contribution in [2.24, 2.45) is 0 Å². The zero-order valence-corrected chi connectivity index (χ0v) is 16.0. The third kappa shape index (κ3) is 4.97. The van der Waals surface area contributed by atoms with E-state index in [-0.39, 0.29) is 12.1 Å². The van der Waals surface area contributed by atoms with Crippen LogP contribution in [0.1, 0.15) is 18.1 Å². The molecule has 1 heterocycles. The lowest BCUT2D eigenvalue weighted by atomic mass is 10.1. The maximum atomic E-state index is 12.6. The van der Waals surface area contributed by atoms with Gasteiger partial charge in [-0.15, -0.1) is 0 Å². The number of carbonyl (C=O) groups excluding carboxylic acids is 1. The highest BCUT2D eigenvalue weighted by molar-refractivity contribution is 5.83. The minimum atomic E-state index is -0.433. The predicted molar refractivity (Wildman–Crippen MR) is 109 cm³/mol. The molecule has 27 heavy (non-hydrogen) atoms. The molecule has 2 unspecified atom stereocenters. The molecule has 0 aromatic heterocycles. The standard InChI is InChI=1S/C20H28N6O/c1-4-14-5-9-16(10-6-14)22-19-18(23-25-24-19)20(27)21-13-15-7-11-17(12-8-15)26(2)3/h5-12,18-19,22-25H,4,13H2,1-3H3,(H,21,27). The third-order valence-corrected chi connectivity index (χ3v) is 4.67. The van der Waals surface area contributed by atoms with Crippen LogP contribution in [0.15, 0.2) is 48.5 Å². The van der Waals surface area contributed by atoms with Gasteiger partial charge in [-0.1, -0.05) is 31.2 Å². The van der Waals surface area contributed by atoms with Crippen molar-refractivity contribution >= 4 is 17.3 Å². The Morgan fingerprint density at radius 3 is 2.30 bits per heavy atom. The van der Waals surface area contributed by atoms with Gasteiger partial charge in [0.15, 0.2) is 0 Å². The first-order valence-corrected chi connectivity index (χ1v) is 9.22. The van der Waals surface area contributed by atoms with Crippen molar-refractivity contribution in [3.05, 3.63) is 59.7 Å². The number of hydrogen-bond acceptors (Lipinski definition) is 6. The first-order chi connectivity index (χ1) is 13.1. The molecule has 3 rings (SSSR count). The van der Waals surface area contributed by atoms with Crippen molar-refractivity contribution in [3.8, 4) is 0 Å². The predicted octanol–water partition coefficient (Wildman–Crippen LogP) is 1.35. The highest BCUT2D eigenvalue weighted by Gasteiger charge is 2.32. The topological polar surface area (TPSA) is 80.5 Å². The number of benzene rings is 2. The number of hydrogen-bond donors (Lipinski definition) is 5. The molecule has 144 valence electrons. The molecule has 1 amide bonds. The van der Waals surface area contributed by atoms with Gasteiger partial charge in [-0.2, -0.15) is 5.53 Å². The van der Waals surface area contributed by atoms with E-state index in [1.165, 1.54) is 5.56 Å². The largest absolute Gasteiger partial charge is 0.378 e. The van der Waals surface area contributed by atoms with Crippen LogP contribution in [0.25, 0.3) is 0 Å². The Bertz CT molecular complexity index is 744. The van der Waals surface area contributed by atoms with Crippen LogP contribution >= 0.6 is 0 Å². The summed E-state index contributed by atoms with van der Waals surface area (Å²) in [5.74, 6) is -0.0770. The van der Waals surface area contributed by atoms with E-state index >= 15 is 0 Å². The van der Waals surface area contributed by atoms with Crippen LogP contribution in [0.2, 0.25) is 0 Å². The van der Waals surface area contributed by atoms with E-state index in [1.807, 2.05) is 55.4 Å². The lowest BCUT2D eigenvalue weighted by Crippen LogP contribution is -2.50. The number of carbonyl (C=O) groups is 1. The summed E-state index contributed by atoms with van der Waals surface area (Å²) in [5.41, 5.74) is 13.3. The van der Waals surface area contributed by atoms with E-state index in [9.17, 15) is 4.79 Å². The van der Waals surface area contributed by atoms with Crippen molar-refractivity contribution in [1.82, 2.24) is 21.7 Å². The first-order valence-electron chi connectivity index (χ1n) is 9.22. The van der Waals surface area contributed by atoms with Gasteiger partial charge < -0.3 is 15.5 Å². The number of anilines is 2. The van der Waals surface area contributed by atoms with Crippen molar-refractivity contribution < 1.29 is 4.79 Å². The fourth-order valence-electron chi connectivity index (χ4n) is 2.93. The molecule has 2 aromatic carbocycles. The van der Waals surface area contributed by atoms with Gasteiger partial charge in [-0.3, -0.25) is 4.79 Å². The Hall–Kier alpha value is -2.61. The molecule has 0 aliphatic carbocycles. The fourth-order valence-corrected chi connectivity index (χ4v) is 2.93. The second kappa shape index (κ2) is 8.85. The quantitative estimate of drug-likeness (QED) is 0.508. The summed E-state index contributed by atoms with van der Waals surface area (Å²) in [5, 5.41) is 6.33. The van der Waals surface area contributed by atoms with Gasteiger partial charge in [0.05, 0.1) is 0 Å². The number of nitrogens with zero attached hydrogens (tertiary/aromatic N) is 1. The molecule has 1 fully saturated rings. The van der Waals surface area contributed by atoms with Crippen LogP contribution in [0.3, 0.4) is 0 Å². The van der Waals surface area contributed by atoms with Crippen LogP contribution in [0.4, 0.5) is 11.4 Å². The monoisotopic (exact) mass is 368 g/mol. The average Bonchev–Trinajstić information content (AvgIpc) is 3.15. The van der Waals surface area contributed by atoms with Crippen LogP contribution in [0, 0.1) is 0 Å². The van der Waals surface area contributed by atoms with Crippen LogP contribution < -0.4 is 31.9 Å². The van der Waals surface area contributed by atoms with E-state index in [0.717, 1.165) is 23.4 Å². The van der Waals surface area contributed by atoms with Gasteiger partial charge in [0.2, 0.25) is 5.91 Å². The number of amides is 1. The minimum absolute atomic E-state index is 0.0770. The van der Waals surface area contributed by atoms with Crippen LogP contribution in [0.5, 0.6) is 0 Å². The van der Waals surface area contributed by atoms with Crippen LogP contribution in [-0.2, 0) is 17.8 Å². The number of nitrogens with one attached hydrogen (secondary N) is 5. The summed E-state index contributed by atoms with van der Waals surface area (Å²) in [6.07, 6.45) is 0.750. The fraction of sp³-hybridized carbons (Fsp3) is 0.350. The second-order valence-corrected chi connectivity index (χ2v) is 6.84. The summed E-state index contributed by atoms with van der Waals surface area (Å²) in [7, 11) is 4.01. The lowest BCUT2D eigenvalue weighted by molar-refractivity contribution is -0.123. The molecule has 2 aromatic rings. The summed E-state index contributed by atoms with van der Waals surface area (Å²) < 4.78 is 0. The van der Waals surface area contributed by atoms with Crippen LogP contribution in [-0.4, -0.2) is 32.2 Å². The lowest BCUT2D eigenvalue weighted by Gasteiger charge is -2.20. The molecular weight excluding hydrogens is 340 g/mol. The maximum absolute atomic E-state index is 12.6. The van der Waals surface area contributed by atoms with E-state index < -0.39 is 6.04 Å². The molecule has 0 bridgehead atoms. The van der Waals surface area contributed by atoms with Gasteiger partial charge in [0.1, 0.15) is 12.2 Å². The molecule has 7 heteroatoms. The number of rotatable bonds is 7. The molecular formula is C20H28N6O. The van der Waals surface area contributed by atoms with Crippen molar-refractivity contribution in [1.29, 1.82) is 0 Å². The SMILES string of the molecule is CCc1ccc(NC2NNNC2C(=O)NCc2ccc(N(C)C)cc2)cc1. The summed E-state index contributed by atoms with van der Waals surface area (Å²) >= 11 is 0. The first kappa shape index (κ1) is 19.2. The van der Waals surface area contributed by atoms with Gasteiger partial charge in [0.25, 0.3) is 0 Å². The highest BCUT2D eigenvalue weighted by atomic mass is 16.2. The Labute approximate surface area is 160 Å². The van der Waals surface area contributed by atoms with E-state index in [4.69, 9.17) is 0 Å². The summed E-state index contributed by atoms with van der Waals surface area (Å²) in [4.78, 5) is 14.6. The Balaban J connectivity index is 1.54. The van der Waals surface area contributed by atoms with Crippen molar-refractivity contribution in [3.63, 3.8) is 0 Å². The minimum Gasteiger partial charge on any atom is -0.378 e. The van der Waals surface area contributed by atoms with Crippen molar-refractivity contribution in [2.45, 2.75) is 32.1 Å². The van der Waals surface area contributed by atoms with Gasteiger partial charge in [0, 0.05) is 32.0 Å².